The van der Waals surface area contributed by atoms with Crippen molar-refractivity contribution in [3.63, 3.8) is 0 Å². The van der Waals surface area contributed by atoms with E-state index in [-0.39, 0.29) is 16.5 Å². The Hall–Kier alpha value is -2.69. The van der Waals surface area contributed by atoms with Gasteiger partial charge in [-0.05, 0) is 37.3 Å². The summed E-state index contributed by atoms with van der Waals surface area (Å²) in [4.78, 5) is 29.7. The Kier molecular flexibility index (Phi) is 8.43. The van der Waals surface area contributed by atoms with Crippen LogP contribution in [0.5, 0.6) is 5.75 Å². The number of hydrogen-bond donors (Lipinski definition) is 1. The lowest BCUT2D eigenvalue weighted by Gasteiger charge is -2.11. The molecule has 3 rings (SSSR count). The number of rotatable bonds is 9. The van der Waals surface area contributed by atoms with Crippen molar-refractivity contribution in [3.05, 3.63) is 69.1 Å². The molecule has 0 atom stereocenters. The molecule has 0 radical (unpaired) electrons. The van der Waals surface area contributed by atoms with Crippen LogP contribution in [-0.4, -0.2) is 30.1 Å². The van der Waals surface area contributed by atoms with Crippen molar-refractivity contribution in [1.82, 2.24) is 4.98 Å². The third-order valence-corrected chi connectivity index (χ3v) is 6.14. The van der Waals surface area contributed by atoms with Gasteiger partial charge in [0.25, 0.3) is 5.91 Å². The van der Waals surface area contributed by atoms with Crippen molar-refractivity contribution in [2.45, 2.75) is 24.2 Å². The van der Waals surface area contributed by atoms with Gasteiger partial charge in [0.1, 0.15) is 5.75 Å². The second kappa shape index (κ2) is 11.3. The SMILES string of the molecule is Cc1nc(CSc2ccccc2C(=O)OCC(=O)Nc2ccc(OC(F)F)c(Cl)c2)cs1. The van der Waals surface area contributed by atoms with Crippen LogP contribution >= 0.6 is 34.7 Å². The Morgan fingerprint density at radius 1 is 1.25 bits per heavy atom. The van der Waals surface area contributed by atoms with E-state index in [9.17, 15) is 18.4 Å². The molecule has 0 bridgehead atoms. The number of amides is 1. The van der Waals surface area contributed by atoms with Gasteiger partial charge in [-0.1, -0.05) is 23.7 Å². The highest BCUT2D eigenvalue weighted by molar-refractivity contribution is 7.98. The molecular formula is C21H17ClF2N2O4S2. The zero-order valence-electron chi connectivity index (χ0n) is 16.6. The zero-order valence-corrected chi connectivity index (χ0v) is 19.0. The average molecular weight is 499 g/mol. The van der Waals surface area contributed by atoms with Crippen molar-refractivity contribution in [2.75, 3.05) is 11.9 Å². The van der Waals surface area contributed by atoms with Gasteiger partial charge in [-0.15, -0.1) is 23.1 Å². The van der Waals surface area contributed by atoms with Gasteiger partial charge >= 0.3 is 12.6 Å². The monoisotopic (exact) mass is 498 g/mol. The number of carbonyl (C=O) groups excluding carboxylic acids is 2. The summed E-state index contributed by atoms with van der Waals surface area (Å²) in [6.45, 7) is -1.62. The second-order valence-electron chi connectivity index (χ2n) is 6.29. The molecule has 2 aromatic carbocycles. The minimum atomic E-state index is -3.01. The highest BCUT2D eigenvalue weighted by Crippen LogP contribution is 2.29. The molecular weight excluding hydrogens is 482 g/mol. The van der Waals surface area contributed by atoms with Gasteiger partial charge in [0, 0.05) is 21.7 Å². The van der Waals surface area contributed by atoms with Gasteiger partial charge in [0.15, 0.2) is 6.61 Å². The van der Waals surface area contributed by atoms with Crippen LogP contribution in [0.4, 0.5) is 14.5 Å². The van der Waals surface area contributed by atoms with Crippen molar-refractivity contribution in [2.24, 2.45) is 0 Å². The Morgan fingerprint density at radius 2 is 2.03 bits per heavy atom. The molecule has 1 aromatic heterocycles. The predicted octanol–water partition coefficient (Wildman–Crippen LogP) is 5.79. The van der Waals surface area contributed by atoms with Crippen LogP contribution in [0.25, 0.3) is 0 Å². The molecule has 0 saturated carbocycles. The van der Waals surface area contributed by atoms with E-state index < -0.39 is 25.1 Å². The van der Waals surface area contributed by atoms with Gasteiger partial charge in [-0.3, -0.25) is 4.79 Å². The number of aromatic nitrogens is 1. The highest BCUT2D eigenvalue weighted by atomic mass is 35.5. The zero-order chi connectivity index (χ0) is 23.1. The molecule has 3 aromatic rings. The third-order valence-electron chi connectivity index (χ3n) is 3.92. The molecule has 0 aliphatic heterocycles. The largest absolute Gasteiger partial charge is 0.452 e. The molecule has 0 fully saturated rings. The number of anilines is 1. The second-order valence-corrected chi connectivity index (χ2v) is 8.78. The molecule has 0 unspecified atom stereocenters. The molecule has 6 nitrogen and oxygen atoms in total. The maximum Gasteiger partial charge on any atom is 0.387 e. The van der Waals surface area contributed by atoms with Crippen LogP contribution < -0.4 is 10.1 Å². The molecule has 0 saturated heterocycles. The smallest absolute Gasteiger partial charge is 0.387 e. The van der Waals surface area contributed by atoms with Gasteiger partial charge in [-0.2, -0.15) is 8.78 Å². The first kappa shape index (κ1) is 24.0. The number of nitrogens with one attached hydrogen (secondary N) is 1. The molecule has 168 valence electrons. The first-order chi connectivity index (χ1) is 15.3. The number of hydrogen-bond acceptors (Lipinski definition) is 7. The van der Waals surface area contributed by atoms with E-state index in [0.717, 1.165) is 10.7 Å². The van der Waals surface area contributed by atoms with E-state index in [1.54, 1.807) is 29.5 Å². The fraction of sp³-hybridized carbons (Fsp3) is 0.190. The van der Waals surface area contributed by atoms with E-state index in [2.05, 4.69) is 15.0 Å². The number of esters is 1. The number of aryl methyl sites for hydroxylation is 1. The number of benzene rings is 2. The summed E-state index contributed by atoms with van der Waals surface area (Å²) in [5.41, 5.74) is 1.50. The lowest BCUT2D eigenvalue weighted by atomic mass is 10.2. The Morgan fingerprint density at radius 3 is 2.72 bits per heavy atom. The maximum atomic E-state index is 12.5. The summed E-state index contributed by atoms with van der Waals surface area (Å²) >= 11 is 8.86. The number of alkyl halides is 2. The summed E-state index contributed by atoms with van der Waals surface area (Å²) in [5.74, 6) is -0.870. The van der Waals surface area contributed by atoms with Crippen molar-refractivity contribution in [1.29, 1.82) is 0 Å². The van der Waals surface area contributed by atoms with Crippen LogP contribution in [0.3, 0.4) is 0 Å². The summed E-state index contributed by atoms with van der Waals surface area (Å²) in [6.07, 6.45) is 0. The van der Waals surface area contributed by atoms with Crippen LogP contribution in [0.1, 0.15) is 21.1 Å². The number of halogens is 3. The minimum Gasteiger partial charge on any atom is -0.452 e. The molecule has 1 N–H and O–H groups in total. The Labute approximate surface area is 195 Å². The van der Waals surface area contributed by atoms with Gasteiger partial charge in [0.2, 0.25) is 0 Å². The van der Waals surface area contributed by atoms with Crippen LogP contribution in [0.15, 0.2) is 52.7 Å². The molecule has 1 amide bonds. The first-order valence-electron chi connectivity index (χ1n) is 9.16. The van der Waals surface area contributed by atoms with Crippen molar-refractivity contribution < 1.29 is 27.8 Å². The number of thioether (sulfide) groups is 1. The van der Waals surface area contributed by atoms with E-state index in [1.165, 1.54) is 30.0 Å². The van der Waals surface area contributed by atoms with Crippen LogP contribution in [0.2, 0.25) is 5.02 Å². The fourth-order valence-electron chi connectivity index (χ4n) is 2.56. The lowest BCUT2D eigenvalue weighted by molar-refractivity contribution is -0.119. The lowest BCUT2D eigenvalue weighted by Crippen LogP contribution is -2.21. The van der Waals surface area contributed by atoms with Crippen LogP contribution in [0, 0.1) is 6.92 Å². The number of thiazole rings is 1. The number of carbonyl (C=O) groups is 2. The summed E-state index contributed by atoms with van der Waals surface area (Å²) in [6, 6.07) is 10.7. The normalized spacial score (nSPS) is 10.8. The molecule has 0 aliphatic rings. The summed E-state index contributed by atoms with van der Waals surface area (Å²) in [5, 5.41) is 5.32. The van der Waals surface area contributed by atoms with E-state index in [0.29, 0.717) is 16.2 Å². The average Bonchev–Trinajstić information content (AvgIpc) is 3.17. The summed E-state index contributed by atoms with van der Waals surface area (Å²) in [7, 11) is 0. The van der Waals surface area contributed by atoms with E-state index in [4.69, 9.17) is 16.3 Å². The van der Waals surface area contributed by atoms with Crippen molar-refractivity contribution >= 4 is 52.3 Å². The Bertz CT molecular complexity index is 1110. The maximum absolute atomic E-state index is 12.5. The molecule has 11 heteroatoms. The minimum absolute atomic E-state index is 0.0960. The van der Waals surface area contributed by atoms with Gasteiger partial charge < -0.3 is 14.8 Å². The molecule has 0 aliphatic carbocycles. The van der Waals surface area contributed by atoms with Crippen LogP contribution in [-0.2, 0) is 15.3 Å². The molecule has 1 heterocycles. The molecule has 32 heavy (non-hydrogen) atoms. The molecule has 0 spiro atoms. The highest BCUT2D eigenvalue weighted by Gasteiger charge is 2.16. The Balaban J connectivity index is 1.55. The quantitative estimate of drug-likeness (QED) is 0.297. The first-order valence-corrected chi connectivity index (χ1v) is 11.4. The van der Waals surface area contributed by atoms with Crippen molar-refractivity contribution in [3.8, 4) is 5.75 Å². The van der Waals surface area contributed by atoms with E-state index in [1.807, 2.05) is 18.4 Å². The third kappa shape index (κ3) is 6.91. The summed E-state index contributed by atoms with van der Waals surface area (Å²) < 4.78 is 33.9. The van der Waals surface area contributed by atoms with E-state index >= 15 is 0 Å². The predicted molar refractivity (Wildman–Crippen MR) is 120 cm³/mol. The standard InChI is InChI=1S/C21H17ClF2N2O4S2/c1-12-25-14(10-31-12)11-32-18-5-3-2-4-15(18)20(28)29-9-19(27)26-13-6-7-17(16(22)8-13)30-21(23)24/h2-8,10,21H,9,11H2,1H3,(H,26,27). The van der Waals surface area contributed by atoms with Gasteiger partial charge in [0.05, 0.1) is 21.3 Å². The fourth-order valence-corrected chi connectivity index (χ4v) is 4.44. The number of ether oxygens (including phenoxy) is 2. The van der Waals surface area contributed by atoms with Gasteiger partial charge in [-0.25, -0.2) is 9.78 Å². The number of nitrogens with zero attached hydrogens (tertiary/aromatic N) is 1. The topological polar surface area (TPSA) is 77.5 Å².